The van der Waals surface area contributed by atoms with Gasteiger partial charge in [0, 0.05) is 22.5 Å². The van der Waals surface area contributed by atoms with Crippen LogP contribution in [0.3, 0.4) is 0 Å². The number of fused-ring (bicyclic) bond motifs is 2. The van der Waals surface area contributed by atoms with E-state index in [1.54, 1.807) is 30.2 Å². The van der Waals surface area contributed by atoms with E-state index in [0.29, 0.717) is 18.5 Å². The zero-order valence-corrected chi connectivity index (χ0v) is 17.5. The summed E-state index contributed by atoms with van der Waals surface area (Å²) in [6, 6.07) is 7.84. The Bertz CT molecular complexity index is 1050. The summed E-state index contributed by atoms with van der Waals surface area (Å²) in [7, 11) is 1.65. The van der Waals surface area contributed by atoms with Gasteiger partial charge in [-0.25, -0.2) is 4.98 Å². The van der Waals surface area contributed by atoms with Crippen LogP contribution >= 0.6 is 23.1 Å². The molecule has 0 saturated heterocycles. The van der Waals surface area contributed by atoms with Crippen molar-refractivity contribution >= 4 is 33.4 Å². The monoisotopic (exact) mass is 402 g/mol. The van der Waals surface area contributed by atoms with E-state index in [1.165, 1.54) is 0 Å². The highest BCUT2D eigenvalue weighted by molar-refractivity contribution is 7.99. The lowest BCUT2D eigenvalue weighted by atomic mass is 9.95. The highest BCUT2D eigenvalue weighted by Gasteiger charge is 2.30. The summed E-state index contributed by atoms with van der Waals surface area (Å²) in [5, 5.41) is 0.841. The van der Waals surface area contributed by atoms with Crippen LogP contribution in [0.25, 0.3) is 16.0 Å². The lowest BCUT2D eigenvalue weighted by molar-refractivity contribution is -0.0386. The normalized spacial score (nSPS) is 15.7. The van der Waals surface area contributed by atoms with E-state index in [-0.39, 0.29) is 11.0 Å². The van der Waals surface area contributed by atoms with Gasteiger partial charge in [0.25, 0.3) is 0 Å². The number of imidazole rings is 1. The van der Waals surface area contributed by atoms with E-state index in [0.717, 1.165) is 37.6 Å². The molecule has 4 rings (SSSR count). The first kappa shape index (κ1) is 18.5. The number of methoxy groups -OCH3 is 1. The Morgan fingerprint density at radius 1 is 1.33 bits per heavy atom. The minimum atomic E-state index is -0.313. The first-order chi connectivity index (χ1) is 12.9. The largest absolute Gasteiger partial charge is 0.497 e. The molecule has 7 heteroatoms. The number of aromatic nitrogens is 2. The van der Waals surface area contributed by atoms with E-state index in [2.05, 4.69) is 11.5 Å². The molecule has 3 heterocycles. The first-order valence-corrected chi connectivity index (χ1v) is 10.7. The fourth-order valence-electron chi connectivity index (χ4n) is 3.29. The third kappa shape index (κ3) is 3.28. The predicted molar refractivity (Wildman–Crippen MR) is 111 cm³/mol. The van der Waals surface area contributed by atoms with Crippen molar-refractivity contribution in [1.82, 2.24) is 9.55 Å². The van der Waals surface area contributed by atoms with Gasteiger partial charge in [0.1, 0.15) is 16.1 Å². The Morgan fingerprint density at radius 2 is 2.07 bits per heavy atom. The quantitative estimate of drug-likeness (QED) is 0.605. The van der Waals surface area contributed by atoms with Gasteiger partial charge < -0.3 is 9.47 Å². The molecule has 0 unspecified atom stereocenters. The van der Waals surface area contributed by atoms with Crippen molar-refractivity contribution in [2.24, 2.45) is 0 Å². The number of nitrogens with zero attached hydrogens (tertiary/aromatic N) is 2. The van der Waals surface area contributed by atoms with Crippen molar-refractivity contribution in [2.75, 3.05) is 12.9 Å². The molecular formula is C20H22N2O3S2. The van der Waals surface area contributed by atoms with Crippen molar-refractivity contribution in [2.45, 2.75) is 44.6 Å². The van der Waals surface area contributed by atoms with E-state index in [1.807, 2.05) is 38.1 Å². The maximum atomic E-state index is 13.2. The summed E-state index contributed by atoms with van der Waals surface area (Å²) in [6.07, 6.45) is 0.624. The Balaban J connectivity index is 1.96. The smallest absolute Gasteiger partial charge is 0.211 e. The van der Waals surface area contributed by atoms with Crippen LogP contribution in [0.5, 0.6) is 5.75 Å². The van der Waals surface area contributed by atoms with E-state index in [4.69, 9.17) is 14.5 Å². The third-order valence-electron chi connectivity index (χ3n) is 4.65. The number of hydrogen-bond donors (Lipinski definition) is 0. The molecule has 0 saturated carbocycles. The van der Waals surface area contributed by atoms with Gasteiger partial charge in [-0.15, -0.1) is 11.3 Å². The fraction of sp³-hybridized carbons (Fsp3) is 0.400. The molecule has 0 N–H and O–H groups in total. The van der Waals surface area contributed by atoms with Gasteiger partial charge in [0.15, 0.2) is 5.16 Å². The first-order valence-electron chi connectivity index (χ1n) is 8.92. The van der Waals surface area contributed by atoms with Crippen LogP contribution in [0.15, 0.2) is 34.2 Å². The number of hydrogen-bond acceptors (Lipinski definition) is 6. The zero-order chi connectivity index (χ0) is 19.2. The Hall–Kier alpha value is -1.83. The second kappa shape index (κ2) is 6.96. The summed E-state index contributed by atoms with van der Waals surface area (Å²) < 4.78 is 13.3. The lowest BCUT2D eigenvalue weighted by Gasteiger charge is -2.30. The van der Waals surface area contributed by atoms with E-state index >= 15 is 0 Å². The summed E-state index contributed by atoms with van der Waals surface area (Å²) in [5.74, 6) is 1.68. The van der Waals surface area contributed by atoms with Crippen LogP contribution in [-0.2, 0) is 17.8 Å². The lowest BCUT2D eigenvalue weighted by Crippen LogP contribution is -2.34. The van der Waals surface area contributed by atoms with Crippen molar-refractivity contribution < 1.29 is 9.47 Å². The maximum Gasteiger partial charge on any atom is 0.211 e. The maximum absolute atomic E-state index is 13.2. The SMILES string of the molecule is CCSc1nc2c(=O)c3c(sc2n1-c1ccc(OC)cc1)COC(C)(C)C3. The molecule has 1 aliphatic heterocycles. The molecule has 0 atom stereocenters. The van der Waals surface area contributed by atoms with E-state index < -0.39 is 0 Å². The summed E-state index contributed by atoms with van der Waals surface area (Å²) in [6.45, 7) is 6.62. The standard InChI is InChI=1S/C20H22N2O3S2/c1-5-26-19-21-16-17(23)14-10-20(2,3)25-11-15(14)27-18(16)22(19)12-6-8-13(24-4)9-7-12/h6-9H,5,10-11H2,1-4H3. The van der Waals surface area contributed by atoms with Gasteiger partial charge >= 0.3 is 0 Å². The third-order valence-corrected chi connectivity index (χ3v) is 6.65. The summed E-state index contributed by atoms with van der Waals surface area (Å²) >= 11 is 3.25. The van der Waals surface area contributed by atoms with Crippen molar-refractivity contribution in [3.05, 3.63) is 44.9 Å². The molecule has 1 aromatic carbocycles. The van der Waals surface area contributed by atoms with Crippen molar-refractivity contribution in [3.8, 4) is 11.4 Å². The molecule has 3 aromatic rings. The van der Waals surface area contributed by atoms with Crippen LogP contribution in [0.2, 0.25) is 0 Å². The van der Waals surface area contributed by atoms with Crippen LogP contribution < -0.4 is 10.2 Å². The van der Waals surface area contributed by atoms with Gasteiger partial charge in [-0.1, -0.05) is 18.7 Å². The van der Waals surface area contributed by atoms with Crippen molar-refractivity contribution in [1.29, 1.82) is 0 Å². The van der Waals surface area contributed by atoms with Gasteiger partial charge in [-0.2, -0.15) is 0 Å². The molecule has 0 aliphatic carbocycles. The average Bonchev–Trinajstić information content (AvgIpc) is 3.01. The molecular weight excluding hydrogens is 380 g/mol. The average molecular weight is 403 g/mol. The van der Waals surface area contributed by atoms with Gasteiger partial charge in [0.2, 0.25) is 5.43 Å². The molecule has 0 amide bonds. The summed E-state index contributed by atoms with van der Waals surface area (Å²) in [4.78, 5) is 19.8. The number of ether oxygens (including phenoxy) is 2. The van der Waals surface area contributed by atoms with Crippen LogP contribution in [0.4, 0.5) is 0 Å². The predicted octanol–water partition coefficient (Wildman–Crippen LogP) is 4.42. The molecule has 27 heavy (non-hydrogen) atoms. The highest BCUT2D eigenvalue weighted by Crippen LogP contribution is 2.35. The van der Waals surface area contributed by atoms with E-state index in [9.17, 15) is 4.79 Å². The topological polar surface area (TPSA) is 53.4 Å². The van der Waals surface area contributed by atoms with Crippen molar-refractivity contribution in [3.63, 3.8) is 0 Å². The molecule has 2 aromatic heterocycles. The molecule has 0 spiro atoms. The van der Waals surface area contributed by atoms with Crippen LogP contribution in [-0.4, -0.2) is 28.0 Å². The summed E-state index contributed by atoms with van der Waals surface area (Å²) in [5.41, 5.74) is 2.12. The molecule has 142 valence electrons. The second-order valence-electron chi connectivity index (χ2n) is 7.07. The number of rotatable bonds is 4. The molecule has 1 aliphatic rings. The van der Waals surface area contributed by atoms with Gasteiger partial charge in [-0.3, -0.25) is 9.36 Å². The molecule has 0 fully saturated rings. The van der Waals surface area contributed by atoms with Crippen LogP contribution in [0.1, 0.15) is 31.2 Å². The Morgan fingerprint density at radius 3 is 2.74 bits per heavy atom. The molecule has 0 radical (unpaired) electrons. The molecule has 5 nitrogen and oxygen atoms in total. The molecule has 0 bridgehead atoms. The number of benzene rings is 1. The Kier molecular flexibility index (Phi) is 4.78. The minimum Gasteiger partial charge on any atom is -0.497 e. The second-order valence-corrected chi connectivity index (χ2v) is 9.39. The highest BCUT2D eigenvalue weighted by atomic mass is 32.2. The van der Waals surface area contributed by atoms with Gasteiger partial charge in [0.05, 0.1) is 19.3 Å². The van der Waals surface area contributed by atoms with Crippen LogP contribution in [0, 0.1) is 0 Å². The van der Waals surface area contributed by atoms with Gasteiger partial charge in [-0.05, 0) is 43.9 Å². The minimum absolute atomic E-state index is 0.0420. The Labute approximate surface area is 166 Å². The number of thioether (sulfide) groups is 1. The zero-order valence-electron chi connectivity index (χ0n) is 15.9. The fourth-order valence-corrected chi connectivity index (χ4v) is 5.25.